The van der Waals surface area contributed by atoms with Gasteiger partial charge in [0.15, 0.2) is 0 Å². The molecule has 2 saturated carbocycles. The Morgan fingerprint density at radius 3 is 1.24 bits per heavy atom. The number of hydrogen-bond donors (Lipinski definition) is 0. The topological polar surface area (TPSA) is 6.48 Å². The van der Waals surface area contributed by atoms with Gasteiger partial charge >= 0.3 is 0 Å². The molecule has 4 rings (SSSR count). The molecule has 0 N–H and O–H groups in total. The van der Waals surface area contributed by atoms with Gasteiger partial charge < -0.3 is 0 Å². The van der Waals surface area contributed by atoms with Crippen LogP contribution in [-0.4, -0.2) is 47.1 Å². The van der Waals surface area contributed by atoms with Gasteiger partial charge in [0.2, 0.25) is 0 Å². The first kappa shape index (κ1) is 10.8. The minimum absolute atomic E-state index is 0.652. The predicted molar refractivity (Wildman–Crippen MR) is 70.2 cm³/mol. The Morgan fingerprint density at radius 2 is 0.882 bits per heavy atom. The summed E-state index contributed by atoms with van der Waals surface area (Å²) in [5.74, 6) is 0. The summed E-state index contributed by atoms with van der Waals surface area (Å²) in [5, 5.41) is 0. The largest absolute Gasteiger partial charge is 0.298 e. The molecule has 2 aliphatic heterocycles. The van der Waals surface area contributed by atoms with Crippen LogP contribution in [0.2, 0.25) is 0 Å². The maximum Gasteiger partial charge on any atom is 0.0228 e. The van der Waals surface area contributed by atoms with Gasteiger partial charge in [0, 0.05) is 11.1 Å². The van der Waals surface area contributed by atoms with Crippen molar-refractivity contribution in [3.05, 3.63) is 0 Å². The molecule has 0 amide bonds. The SMILES string of the molecule is C1CCN(C23CCC(N4CCCC4)(CC2)C3)C1. The van der Waals surface area contributed by atoms with Crippen LogP contribution in [0.3, 0.4) is 0 Å². The summed E-state index contributed by atoms with van der Waals surface area (Å²) in [6.45, 7) is 5.60. The minimum Gasteiger partial charge on any atom is -0.298 e. The molecule has 17 heavy (non-hydrogen) atoms. The average Bonchev–Trinajstić information content (AvgIpc) is 3.13. The molecule has 2 saturated heterocycles. The Labute approximate surface area is 105 Å². The first-order chi connectivity index (χ1) is 8.33. The normalized spacial score (nSPS) is 47.3. The Kier molecular flexibility index (Phi) is 2.36. The minimum atomic E-state index is 0.652. The second kappa shape index (κ2) is 3.71. The van der Waals surface area contributed by atoms with Gasteiger partial charge in [-0.15, -0.1) is 0 Å². The summed E-state index contributed by atoms with van der Waals surface area (Å²) >= 11 is 0. The molecule has 0 aromatic carbocycles. The van der Waals surface area contributed by atoms with Gasteiger partial charge in [-0.05, 0) is 84.0 Å². The van der Waals surface area contributed by atoms with Crippen LogP contribution in [-0.2, 0) is 0 Å². The molecule has 0 atom stereocenters. The Bertz CT molecular complexity index is 262. The van der Waals surface area contributed by atoms with Crippen molar-refractivity contribution in [2.45, 2.75) is 68.9 Å². The van der Waals surface area contributed by atoms with Crippen molar-refractivity contribution in [1.29, 1.82) is 0 Å². The first-order valence-corrected chi connectivity index (χ1v) is 7.83. The fourth-order valence-corrected chi connectivity index (χ4v) is 5.39. The van der Waals surface area contributed by atoms with Crippen molar-refractivity contribution in [2.75, 3.05) is 26.2 Å². The van der Waals surface area contributed by atoms with E-state index in [0.29, 0.717) is 11.1 Å². The zero-order valence-electron chi connectivity index (χ0n) is 11.1. The number of rotatable bonds is 2. The fraction of sp³-hybridized carbons (Fsp3) is 1.00. The van der Waals surface area contributed by atoms with Crippen molar-refractivity contribution in [3.63, 3.8) is 0 Å². The van der Waals surface area contributed by atoms with Gasteiger partial charge in [0.1, 0.15) is 0 Å². The van der Waals surface area contributed by atoms with Crippen molar-refractivity contribution < 1.29 is 0 Å². The Hall–Kier alpha value is -0.0800. The van der Waals surface area contributed by atoms with Crippen LogP contribution in [0.1, 0.15) is 57.8 Å². The third-order valence-electron chi connectivity index (χ3n) is 6.32. The van der Waals surface area contributed by atoms with Gasteiger partial charge in [0.05, 0.1) is 0 Å². The summed E-state index contributed by atoms with van der Waals surface area (Å²) in [5.41, 5.74) is 1.30. The molecule has 0 unspecified atom stereocenters. The van der Waals surface area contributed by atoms with Gasteiger partial charge in [-0.25, -0.2) is 0 Å². The quantitative estimate of drug-likeness (QED) is 0.725. The van der Waals surface area contributed by atoms with Gasteiger partial charge in [-0.1, -0.05) is 0 Å². The second-order valence-corrected chi connectivity index (χ2v) is 7.01. The van der Waals surface area contributed by atoms with E-state index in [1.165, 1.54) is 84.0 Å². The van der Waals surface area contributed by atoms with Crippen molar-refractivity contribution >= 4 is 0 Å². The number of nitrogens with zero attached hydrogens (tertiary/aromatic N) is 2. The highest BCUT2D eigenvalue weighted by Crippen LogP contribution is 2.57. The lowest BCUT2D eigenvalue weighted by atomic mass is 9.89. The third kappa shape index (κ3) is 1.46. The molecule has 4 aliphatic rings. The zero-order chi connectivity index (χ0) is 11.3. The number of hydrogen-bond acceptors (Lipinski definition) is 2. The van der Waals surface area contributed by atoms with E-state index in [9.17, 15) is 0 Å². The molecule has 0 aromatic heterocycles. The highest BCUT2D eigenvalue weighted by atomic mass is 15.3. The van der Waals surface area contributed by atoms with E-state index in [0.717, 1.165) is 0 Å². The van der Waals surface area contributed by atoms with Crippen LogP contribution in [0.4, 0.5) is 0 Å². The van der Waals surface area contributed by atoms with Gasteiger partial charge in [-0.3, -0.25) is 9.80 Å². The number of likely N-dealkylation sites (tertiary alicyclic amines) is 2. The van der Waals surface area contributed by atoms with Crippen LogP contribution >= 0.6 is 0 Å². The standard InChI is InChI=1S/C15H26N2/c1-2-10-16(9-1)14-5-7-15(13-14,8-6-14)17-11-3-4-12-17/h1-13H2. The summed E-state index contributed by atoms with van der Waals surface area (Å²) < 4.78 is 0. The van der Waals surface area contributed by atoms with Gasteiger partial charge in [0.25, 0.3) is 0 Å². The van der Waals surface area contributed by atoms with Crippen molar-refractivity contribution in [2.24, 2.45) is 0 Å². The molecule has 0 aromatic rings. The van der Waals surface area contributed by atoms with Crippen molar-refractivity contribution in [1.82, 2.24) is 9.80 Å². The summed E-state index contributed by atoms with van der Waals surface area (Å²) in [4.78, 5) is 5.75. The number of fused-ring (bicyclic) bond motifs is 2. The lowest BCUT2D eigenvalue weighted by Gasteiger charge is -2.37. The lowest BCUT2D eigenvalue weighted by molar-refractivity contribution is 0.123. The zero-order valence-corrected chi connectivity index (χ0v) is 11.1. The molecule has 0 spiro atoms. The molecular weight excluding hydrogens is 208 g/mol. The van der Waals surface area contributed by atoms with Crippen LogP contribution in [0.25, 0.3) is 0 Å². The maximum atomic E-state index is 2.87. The Morgan fingerprint density at radius 1 is 0.529 bits per heavy atom. The molecule has 4 fully saturated rings. The van der Waals surface area contributed by atoms with Crippen LogP contribution in [0, 0.1) is 0 Å². The molecule has 2 heterocycles. The highest BCUT2D eigenvalue weighted by molar-refractivity contribution is 5.16. The second-order valence-electron chi connectivity index (χ2n) is 7.01. The Balaban J connectivity index is 1.55. The van der Waals surface area contributed by atoms with E-state index >= 15 is 0 Å². The highest BCUT2D eigenvalue weighted by Gasteiger charge is 2.59. The van der Waals surface area contributed by atoms with Gasteiger partial charge in [-0.2, -0.15) is 0 Å². The molecule has 2 heteroatoms. The average molecular weight is 234 g/mol. The van der Waals surface area contributed by atoms with E-state index in [4.69, 9.17) is 0 Å². The third-order valence-corrected chi connectivity index (χ3v) is 6.32. The molecular formula is C15H26N2. The lowest BCUT2D eigenvalue weighted by Crippen LogP contribution is -2.44. The van der Waals surface area contributed by atoms with Crippen LogP contribution < -0.4 is 0 Å². The van der Waals surface area contributed by atoms with E-state index < -0.39 is 0 Å². The first-order valence-electron chi connectivity index (χ1n) is 7.83. The monoisotopic (exact) mass is 234 g/mol. The van der Waals surface area contributed by atoms with E-state index in [1.807, 2.05) is 0 Å². The molecule has 2 aliphatic carbocycles. The summed E-state index contributed by atoms with van der Waals surface area (Å²) in [6.07, 6.45) is 13.4. The van der Waals surface area contributed by atoms with E-state index in [1.54, 1.807) is 0 Å². The van der Waals surface area contributed by atoms with Crippen molar-refractivity contribution in [3.8, 4) is 0 Å². The van der Waals surface area contributed by atoms with Crippen LogP contribution in [0.5, 0.6) is 0 Å². The molecule has 96 valence electrons. The smallest absolute Gasteiger partial charge is 0.0228 e. The molecule has 2 nitrogen and oxygen atoms in total. The molecule has 2 bridgehead atoms. The summed E-state index contributed by atoms with van der Waals surface area (Å²) in [7, 11) is 0. The summed E-state index contributed by atoms with van der Waals surface area (Å²) in [6, 6.07) is 0. The maximum absolute atomic E-state index is 2.87. The van der Waals surface area contributed by atoms with Crippen LogP contribution in [0.15, 0.2) is 0 Å². The molecule has 0 radical (unpaired) electrons. The van der Waals surface area contributed by atoms with E-state index in [-0.39, 0.29) is 0 Å². The predicted octanol–water partition coefficient (Wildman–Crippen LogP) is 2.63. The van der Waals surface area contributed by atoms with E-state index in [2.05, 4.69) is 9.80 Å². The fourth-order valence-electron chi connectivity index (χ4n) is 5.39.